The first-order valence-corrected chi connectivity index (χ1v) is 11.7. The second-order valence-corrected chi connectivity index (χ2v) is 9.73. The van der Waals surface area contributed by atoms with Crippen LogP contribution in [0.5, 0.6) is 0 Å². The number of hydrogen-bond donors (Lipinski definition) is 0. The summed E-state index contributed by atoms with van der Waals surface area (Å²) in [5, 5.41) is 9.73. The standard InChI is InChI=1S/C23H23N5O3S/c1-17-6-8-18(9-7-17)32(30,31)19(16-24)15-20-22(27-13-11-26(2)12-14-27)25-21-5-3-4-10-28(21)23(20)29/h3-10,15H,11-14H2,1-2H3/b19-15+. The Morgan fingerprint density at radius 1 is 1.09 bits per heavy atom. The van der Waals surface area contributed by atoms with Crippen LogP contribution in [-0.4, -0.2) is 55.9 Å². The summed E-state index contributed by atoms with van der Waals surface area (Å²) in [5.41, 5.74) is 1.03. The summed E-state index contributed by atoms with van der Waals surface area (Å²) in [4.78, 5) is 21.7. The second kappa shape index (κ2) is 8.57. The van der Waals surface area contributed by atoms with Crippen LogP contribution in [-0.2, 0) is 9.84 Å². The number of nitrogens with zero attached hydrogens (tertiary/aromatic N) is 5. The van der Waals surface area contributed by atoms with Crippen LogP contribution >= 0.6 is 0 Å². The van der Waals surface area contributed by atoms with Crippen molar-refractivity contribution < 1.29 is 8.42 Å². The van der Waals surface area contributed by atoms with Crippen LogP contribution in [0.2, 0.25) is 0 Å². The molecule has 0 spiro atoms. The Labute approximate surface area is 186 Å². The van der Waals surface area contributed by atoms with E-state index in [1.54, 1.807) is 42.6 Å². The number of nitriles is 1. The van der Waals surface area contributed by atoms with Crippen molar-refractivity contribution in [2.24, 2.45) is 0 Å². The van der Waals surface area contributed by atoms with Crippen molar-refractivity contribution in [3.8, 4) is 6.07 Å². The second-order valence-electron chi connectivity index (χ2n) is 7.81. The quantitative estimate of drug-likeness (QED) is 0.563. The maximum absolute atomic E-state index is 13.4. The Balaban J connectivity index is 1.92. The number of pyridine rings is 1. The molecule has 1 aliphatic heterocycles. The number of piperazine rings is 1. The molecule has 3 heterocycles. The van der Waals surface area contributed by atoms with Crippen molar-refractivity contribution in [1.82, 2.24) is 14.3 Å². The van der Waals surface area contributed by atoms with Gasteiger partial charge in [0.05, 0.1) is 10.5 Å². The maximum Gasteiger partial charge on any atom is 0.267 e. The molecule has 1 fully saturated rings. The fraction of sp³-hybridized carbons (Fsp3) is 0.261. The number of sulfone groups is 1. The van der Waals surface area contributed by atoms with Crippen LogP contribution in [0, 0.1) is 18.3 Å². The van der Waals surface area contributed by atoms with E-state index in [1.807, 2.05) is 18.9 Å². The summed E-state index contributed by atoms with van der Waals surface area (Å²) in [5.74, 6) is 0.390. The molecule has 8 nitrogen and oxygen atoms in total. The number of fused-ring (bicyclic) bond motifs is 1. The van der Waals surface area contributed by atoms with Crippen LogP contribution < -0.4 is 10.5 Å². The van der Waals surface area contributed by atoms with Crippen molar-refractivity contribution in [3.05, 3.63) is 75.0 Å². The zero-order valence-electron chi connectivity index (χ0n) is 17.9. The molecule has 0 unspecified atom stereocenters. The van der Waals surface area contributed by atoms with Crippen molar-refractivity contribution in [2.75, 3.05) is 38.1 Å². The minimum absolute atomic E-state index is 0.00546. The summed E-state index contributed by atoms with van der Waals surface area (Å²) < 4.78 is 27.6. The molecule has 3 aromatic rings. The first-order chi connectivity index (χ1) is 15.3. The number of rotatable bonds is 4. The lowest BCUT2D eigenvalue weighted by Crippen LogP contribution is -2.45. The van der Waals surface area contributed by atoms with Gasteiger partial charge in [-0.15, -0.1) is 0 Å². The zero-order chi connectivity index (χ0) is 22.9. The third-order valence-corrected chi connectivity index (χ3v) is 7.24. The summed E-state index contributed by atoms with van der Waals surface area (Å²) in [6.07, 6.45) is 2.74. The molecular formula is C23H23N5O3S. The van der Waals surface area contributed by atoms with Gasteiger partial charge in [-0.3, -0.25) is 9.20 Å². The molecule has 0 bridgehead atoms. The Morgan fingerprint density at radius 2 is 1.78 bits per heavy atom. The van der Waals surface area contributed by atoms with Crippen LogP contribution in [0.3, 0.4) is 0 Å². The van der Waals surface area contributed by atoms with Crippen LogP contribution in [0.25, 0.3) is 11.7 Å². The molecule has 32 heavy (non-hydrogen) atoms. The molecule has 164 valence electrons. The smallest absolute Gasteiger partial charge is 0.267 e. The molecule has 0 radical (unpaired) electrons. The molecule has 4 rings (SSSR count). The van der Waals surface area contributed by atoms with Gasteiger partial charge in [0, 0.05) is 32.4 Å². The van der Waals surface area contributed by atoms with E-state index < -0.39 is 20.3 Å². The predicted octanol–water partition coefficient (Wildman–Crippen LogP) is 2.09. The Morgan fingerprint density at radius 3 is 2.44 bits per heavy atom. The van der Waals surface area contributed by atoms with E-state index in [0.717, 1.165) is 24.7 Å². The Kier molecular flexibility index (Phi) is 5.82. The highest BCUT2D eigenvalue weighted by Gasteiger charge is 2.25. The summed E-state index contributed by atoms with van der Waals surface area (Å²) in [7, 11) is -2.08. The van der Waals surface area contributed by atoms with Gasteiger partial charge >= 0.3 is 0 Å². The minimum Gasteiger partial charge on any atom is -0.353 e. The van der Waals surface area contributed by atoms with E-state index in [4.69, 9.17) is 0 Å². The van der Waals surface area contributed by atoms with Crippen molar-refractivity contribution in [3.63, 3.8) is 0 Å². The average molecular weight is 450 g/mol. The summed E-state index contributed by atoms with van der Waals surface area (Å²) >= 11 is 0. The first-order valence-electron chi connectivity index (χ1n) is 10.2. The van der Waals surface area contributed by atoms with E-state index >= 15 is 0 Å². The number of benzene rings is 1. The topological polar surface area (TPSA) is 98.8 Å². The number of anilines is 1. The number of aryl methyl sites for hydroxylation is 1. The van der Waals surface area contributed by atoms with Gasteiger partial charge in [0.1, 0.15) is 22.4 Å². The first kappa shape index (κ1) is 21.7. The lowest BCUT2D eigenvalue weighted by Gasteiger charge is -2.34. The minimum atomic E-state index is -4.10. The van der Waals surface area contributed by atoms with E-state index in [-0.39, 0.29) is 10.5 Å². The molecule has 0 N–H and O–H groups in total. The van der Waals surface area contributed by atoms with Gasteiger partial charge in [-0.05, 0) is 44.3 Å². The molecule has 2 aromatic heterocycles. The van der Waals surface area contributed by atoms with Gasteiger partial charge in [-0.1, -0.05) is 23.8 Å². The fourth-order valence-corrected chi connectivity index (χ4v) is 4.76. The Hall–Kier alpha value is -3.48. The zero-order valence-corrected chi connectivity index (χ0v) is 18.7. The fourth-order valence-electron chi connectivity index (χ4n) is 3.62. The molecule has 0 aliphatic carbocycles. The lowest BCUT2D eigenvalue weighted by atomic mass is 10.2. The van der Waals surface area contributed by atoms with Gasteiger partial charge < -0.3 is 9.80 Å². The maximum atomic E-state index is 13.4. The van der Waals surface area contributed by atoms with Crippen LogP contribution in [0.4, 0.5) is 5.82 Å². The highest BCUT2D eigenvalue weighted by Crippen LogP contribution is 2.25. The van der Waals surface area contributed by atoms with Crippen LogP contribution in [0.15, 0.2) is 63.3 Å². The van der Waals surface area contributed by atoms with E-state index in [9.17, 15) is 18.5 Å². The third-order valence-electron chi connectivity index (χ3n) is 5.56. The molecule has 1 aliphatic rings. The van der Waals surface area contributed by atoms with Gasteiger partial charge in [0.2, 0.25) is 9.84 Å². The van der Waals surface area contributed by atoms with Gasteiger partial charge in [-0.25, -0.2) is 13.4 Å². The number of allylic oxidation sites excluding steroid dienone is 1. The molecule has 1 aromatic carbocycles. The molecule has 0 amide bonds. The van der Waals surface area contributed by atoms with Gasteiger partial charge in [0.25, 0.3) is 5.56 Å². The number of likely N-dealkylation sites (N-methyl/N-ethyl adjacent to an activating group) is 1. The lowest BCUT2D eigenvalue weighted by molar-refractivity contribution is 0.312. The largest absolute Gasteiger partial charge is 0.353 e. The monoisotopic (exact) mass is 449 g/mol. The molecule has 9 heteroatoms. The Bertz CT molecular complexity index is 1390. The molecule has 0 atom stereocenters. The van der Waals surface area contributed by atoms with Gasteiger partial charge in [0.15, 0.2) is 0 Å². The van der Waals surface area contributed by atoms with E-state index in [0.29, 0.717) is 24.6 Å². The van der Waals surface area contributed by atoms with E-state index in [1.165, 1.54) is 16.5 Å². The molecule has 0 saturated carbocycles. The van der Waals surface area contributed by atoms with Crippen LogP contribution in [0.1, 0.15) is 11.1 Å². The predicted molar refractivity (Wildman–Crippen MR) is 123 cm³/mol. The number of hydrogen-bond acceptors (Lipinski definition) is 7. The van der Waals surface area contributed by atoms with Crippen molar-refractivity contribution in [1.29, 1.82) is 5.26 Å². The SMILES string of the molecule is Cc1ccc(S(=O)(=O)/C(C#N)=C/c2c(N3CCN(C)CC3)nc3ccccn3c2=O)cc1. The van der Waals surface area contributed by atoms with Gasteiger partial charge in [-0.2, -0.15) is 5.26 Å². The summed E-state index contributed by atoms with van der Waals surface area (Å²) in [6, 6.07) is 13.3. The van der Waals surface area contributed by atoms with Crippen molar-refractivity contribution >= 4 is 27.4 Å². The third kappa shape index (κ3) is 4.02. The highest BCUT2D eigenvalue weighted by atomic mass is 32.2. The summed E-state index contributed by atoms with van der Waals surface area (Å²) in [6.45, 7) is 4.69. The normalized spacial score (nSPS) is 15.7. The average Bonchev–Trinajstić information content (AvgIpc) is 2.79. The number of aromatic nitrogens is 2. The van der Waals surface area contributed by atoms with E-state index in [2.05, 4.69) is 9.88 Å². The van der Waals surface area contributed by atoms with Crippen molar-refractivity contribution in [2.45, 2.75) is 11.8 Å². The highest BCUT2D eigenvalue weighted by molar-refractivity contribution is 7.95. The molecular weight excluding hydrogens is 426 g/mol. The molecule has 1 saturated heterocycles.